The smallest absolute Gasteiger partial charge is 0.413 e. The molecule has 6 nitrogen and oxygen atoms in total. The molecule has 8 heteroatoms. The van der Waals surface area contributed by atoms with Gasteiger partial charge < -0.3 is 13.8 Å². The highest BCUT2D eigenvalue weighted by Gasteiger charge is 2.20. The summed E-state index contributed by atoms with van der Waals surface area (Å²) in [5, 5.41) is 3.11. The van der Waals surface area contributed by atoms with Gasteiger partial charge in [0.05, 0.1) is 13.2 Å². The maximum absolute atomic E-state index is 11.7. The number of hydrogen-bond acceptors (Lipinski definition) is 6. The molecule has 126 valence electrons. The maximum atomic E-state index is 11.7. The van der Waals surface area contributed by atoms with Gasteiger partial charge in [-0.15, -0.1) is 11.3 Å². The van der Waals surface area contributed by atoms with Gasteiger partial charge in [-0.2, -0.15) is 0 Å². The summed E-state index contributed by atoms with van der Waals surface area (Å²) >= 11 is 1.37. The normalized spacial score (nSPS) is 12.2. The van der Waals surface area contributed by atoms with E-state index < -0.39 is 19.0 Å². The highest BCUT2D eigenvalue weighted by atomic mass is 32.1. The Morgan fingerprint density at radius 1 is 1.36 bits per heavy atom. The average molecular weight is 348 g/mol. The molecule has 0 saturated carbocycles. The lowest BCUT2D eigenvalue weighted by Crippen LogP contribution is -2.27. The number of ether oxygens (including phenoxy) is 1. The molecule has 1 heterocycles. The predicted molar refractivity (Wildman–Crippen MR) is 93.0 cm³/mol. The summed E-state index contributed by atoms with van der Waals surface area (Å²) in [6, 6.07) is 0. The number of aromatic nitrogens is 1. The van der Waals surface area contributed by atoms with Crippen LogP contribution in [0.25, 0.3) is 0 Å². The van der Waals surface area contributed by atoms with Gasteiger partial charge in [0, 0.05) is 17.2 Å². The summed E-state index contributed by atoms with van der Waals surface area (Å²) in [6.07, 6.45) is 5.86. The molecular formula is C14H25N2O4PS. The van der Waals surface area contributed by atoms with Crippen LogP contribution in [0.2, 0.25) is 0 Å². The van der Waals surface area contributed by atoms with Gasteiger partial charge in [0.1, 0.15) is 12.9 Å². The molecule has 0 aliphatic carbocycles. The van der Waals surface area contributed by atoms with E-state index in [1.165, 1.54) is 11.3 Å². The number of carbonyl (C=O) groups excluding carboxylic acids is 1. The molecule has 1 rings (SSSR count). The van der Waals surface area contributed by atoms with E-state index in [2.05, 4.69) is 16.6 Å². The van der Waals surface area contributed by atoms with Crippen molar-refractivity contribution < 1.29 is 18.6 Å². The van der Waals surface area contributed by atoms with Crippen LogP contribution in [-0.2, 0) is 19.9 Å². The van der Waals surface area contributed by atoms with Crippen molar-refractivity contribution in [1.82, 2.24) is 4.98 Å². The van der Waals surface area contributed by atoms with Crippen molar-refractivity contribution in [3.05, 3.63) is 11.1 Å². The van der Waals surface area contributed by atoms with Crippen LogP contribution in [0, 0.1) is 0 Å². The Labute approximate surface area is 136 Å². The Kier molecular flexibility index (Phi) is 7.06. The first kappa shape index (κ1) is 19.2. The van der Waals surface area contributed by atoms with Gasteiger partial charge in [0.25, 0.3) is 0 Å². The molecule has 0 bridgehead atoms. The molecule has 1 amide bonds. The molecule has 0 spiro atoms. The Morgan fingerprint density at radius 3 is 2.45 bits per heavy atom. The van der Waals surface area contributed by atoms with Crippen molar-refractivity contribution in [1.29, 1.82) is 0 Å². The average Bonchev–Trinajstić information content (AvgIpc) is 2.73. The van der Waals surface area contributed by atoms with E-state index in [9.17, 15) is 4.79 Å². The van der Waals surface area contributed by atoms with Crippen molar-refractivity contribution in [3.63, 3.8) is 0 Å². The zero-order valence-electron chi connectivity index (χ0n) is 13.8. The topological polar surface area (TPSA) is 69.7 Å². The number of anilines is 1. The third kappa shape index (κ3) is 6.92. The van der Waals surface area contributed by atoms with Gasteiger partial charge in [-0.1, -0.05) is 6.30 Å². The highest BCUT2D eigenvalue weighted by molar-refractivity contribution is 7.63. The first-order valence-electron chi connectivity index (χ1n) is 7.13. The molecule has 22 heavy (non-hydrogen) atoms. The van der Waals surface area contributed by atoms with E-state index in [1.54, 1.807) is 6.20 Å². The maximum Gasteiger partial charge on any atom is 0.413 e. The van der Waals surface area contributed by atoms with Crippen LogP contribution >= 0.6 is 18.7 Å². The fourth-order valence-electron chi connectivity index (χ4n) is 1.67. The monoisotopic (exact) mass is 348 g/mol. The van der Waals surface area contributed by atoms with Crippen molar-refractivity contribution >= 4 is 36.2 Å². The van der Waals surface area contributed by atoms with E-state index in [0.29, 0.717) is 24.5 Å². The lowest BCUT2D eigenvalue weighted by Gasteiger charge is -2.22. The Balaban J connectivity index is 2.67. The standard InChI is InChI=1S/C14H25N2O4PS/c1-7-18-21(6,19-8-2)10-11-9-15-12(22-11)16-13(17)20-14(3,4)5/h9H,6-8,10H2,1-5H3,(H,15,16,17). The van der Waals surface area contributed by atoms with Crippen LogP contribution in [0.4, 0.5) is 9.93 Å². The van der Waals surface area contributed by atoms with Crippen molar-refractivity contribution in [2.45, 2.75) is 46.4 Å². The van der Waals surface area contributed by atoms with Crippen molar-refractivity contribution in [2.75, 3.05) is 18.5 Å². The van der Waals surface area contributed by atoms with Crippen LogP contribution in [0.3, 0.4) is 0 Å². The SMILES string of the molecule is C=P(Cc1cnc(NC(=O)OC(C)(C)C)s1)(OCC)OCC. The first-order chi connectivity index (χ1) is 10.2. The second kappa shape index (κ2) is 8.11. The second-order valence-corrected chi connectivity index (χ2v) is 9.14. The number of nitrogens with zero attached hydrogens (tertiary/aromatic N) is 1. The fourth-order valence-corrected chi connectivity index (χ4v) is 4.86. The van der Waals surface area contributed by atoms with Crippen molar-refractivity contribution in [2.24, 2.45) is 0 Å². The molecular weight excluding hydrogens is 323 g/mol. The molecule has 1 N–H and O–H groups in total. The minimum absolute atomic E-state index is 0.490. The van der Waals surface area contributed by atoms with Crippen molar-refractivity contribution in [3.8, 4) is 0 Å². The third-order valence-corrected chi connectivity index (χ3v) is 5.69. The molecule has 0 aromatic carbocycles. The molecule has 1 aromatic rings. The molecule has 0 saturated heterocycles. The zero-order chi connectivity index (χ0) is 16.8. The van der Waals surface area contributed by atoms with Gasteiger partial charge in [0.15, 0.2) is 5.13 Å². The molecule has 0 atom stereocenters. The third-order valence-electron chi connectivity index (χ3n) is 2.29. The number of thiazole rings is 1. The zero-order valence-corrected chi connectivity index (χ0v) is 15.6. The van der Waals surface area contributed by atoms with Crippen LogP contribution in [0.15, 0.2) is 6.20 Å². The largest absolute Gasteiger partial charge is 0.444 e. The van der Waals surface area contributed by atoms with Gasteiger partial charge >= 0.3 is 6.09 Å². The summed E-state index contributed by atoms with van der Waals surface area (Å²) in [4.78, 5) is 16.8. The number of amides is 1. The minimum Gasteiger partial charge on any atom is -0.444 e. The summed E-state index contributed by atoms with van der Waals surface area (Å²) in [6.45, 7) is 10.4. The first-order valence-corrected chi connectivity index (χ1v) is 9.95. The molecule has 0 aliphatic rings. The molecule has 1 aromatic heterocycles. The van der Waals surface area contributed by atoms with Crippen LogP contribution in [-0.4, -0.2) is 36.2 Å². The van der Waals surface area contributed by atoms with Gasteiger partial charge in [-0.05, 0) is 34.6 Å². The number of nitrogens with one attached hydrogen (secondary N) is 1. The summed E-state index contributed by atoms with van der Waals surface area (Å²) in [7, 11) is -2.17. The predicted octanol–water partition coefficient (Wildman–Crippen LogP) is 4.34. The Morgan fingerprint density at radius 2 is 1.95 bits per heavy atom. The molecule has 0 radical (unpaired) electrons. The quantitative estimate of drug-likeness (QED) is 0.742. The Bertz CT molecular complexity index is 529. The van der Waals surface area contributed by atoms with Gasteiger partial charge in [-0.25, -0.2) is 9.78 Å². The number of carbonyl (C=O) groups is 1. The molecule has 0 fully saturated rings. The second-order valence-electron chi connectivity index (χ2n) is 5.57. The lowest BCUT2D eigenvalue weighted by molar-refractivity contribution is 0.0636. The van der Waals surface area contributed by atoms with E-state index in [1.807, 2.05) is 34.6 Å². The fraction of sp³-hybridized carbons (Fsp3) is 0.643. The van der Waals surface area contributed by atoms with Crippen LogP contribution < -0.4 is 5.32 Å². The molecule has 0 unspecified atom stereocenters. The van der Waals surface area contributed by atoms with Crippen LogP contribution in [0.1, 0.15) is 39.5 Å². The number of hydrogen-bond donors (Lipinski definition) is 1. The number of rotatable bonds is 7. The molecule has 0 aliphatic heterocycles. The highest BCUT2D eigenvalue weighted by Crippen LogP contribution is 2.51. The summed E-state index contributed by atoms with van der Waals surface area (Å²) in [5.41, 5.74) is -0.540. The summed E-state index contributed by atoms with van der Waals surface area (Å²) in [5.74, 6) is 0. The van der Waals surface area contributed by atoms with E-state index in [4.69, 9.17) is 13.8 Å². The van der Waals surface area contributed by atoms with Gasteiger partial charge in [-0.3, -0.25) is 5.32 Å². The van der Waals surface area contributed by atoms with Crippen LogP contribution in [0.5, 0.6) is 0 Å². The van der Waals surface area contributed by atoms with E-state index in [-0.39, 0.29) is 0 Å². The Hall–Kier alpha value is -0.880. The van der Waals surface area contributed by atoms with Gasteiger partial charge in [0.2, 0.25) is 0 Å². The summed E-state index contributed by atoms with van der Waals surface area (Å²) < 4.78 is 16.5. The lowest BCUT2D eigenvalue weighted by atomic mass is 10.2. The minimum atomic E-state index is -2.17. The van der Waals surface area contributed by atoms with E-state index in [0.717, 1.165) is 4.88 Å². The van der Waals surface area contributed by atoms with E-state index >= 15 is 0 Å².